The first kappa shape index (κ1) is 17.3. The minimum Gasteiger partial charge on any atom is -0.377 e. The Morgan fingerprint density at radius 1 is 0.955 bits per heavy atom. The standard InChI is InChI=1S/C12H18N2O6S2/c1-19-11-7-14(8-12(11)20-2)22(17,18)10-5-3-9(4-6-10)21(13,15)16/h3-6,11-12H,7-8H2,1-2H3,(H2,13,15,16). The maximum atomic E-state index is 12.6. The highest BCUT2D eigenvalue weighted by Crippen LogP contribution is 2.24. The lowest BCUT2D eigenvalue weighted by atomic mass is 10.3. The second-order valence-corrected chi connectivity index (χ2v) is 8.39. The van der Waals surface area contributed by atoms with Gasteiger partial charge in [-0.3, -0.25) is 0 Å². The summed E-state index contributed by atoms with van der Waals surface area (Å²) in [4.78, 5) is -0.149. The number of benzene rings is 1. The van der Waals surface area contributed by atoms with Gasteiger partial charge in [-0.2, -0.15) is 4.31 Å². The van der Waals surface area contributed by atoms with Crippen molar-refractivity contribution in [2.45, 2.75) is 22.0 Å². The van der Waals surface area contributed by atoms with E-state index in [1.54, 1.807) is 0 Å². The first-order valence-electron chi connectivity index (χ1n) is 6.38. The third-order valence-corrected chi connectivity index (χ3v) is 6.35. The molecule has 0 aliphatic carbocycles. The van der Waals surface area contributed by atoms with Crippen LogP contribution in [0.2, 0.25) is 0 Å². The number of nitrogens with two attached hydrogens (primary N) is 1. The van der Waals surface area contributed by atoms with Crippen molar-refractivity contribution >= 4 is 20.0 Å². The lowest BCUT2D eigenvalue weighted by Gasteiger charge is -2.16. The van der Waals surface area contributed by atoms with Gasteiger partial charge in [0.1, 0.15) is 0 Å². The molecule has 1 aromatic carbocycles. The average Bonchev–Trinajstić information content (AvgIpc) is 2.90. The minimum atomic E-state index is -3.86. The zero-order chi connectivity index (χ0) is 16.5. The molecule has 2 unspecified atom stereocenters. The molecule has 1 heterocycles. The summed E-state index contributed by atoms with van der Waals surface area (Å²) in [6.45, 7) is 0.350. The number of hydrogen-bond acceptors (Lipinski definition) is 6. The fraction of sp³-hybridized carbons (Fsp3) is 0.500. The molecule has 1 saturated heterocycles. The number of sulfonamides is 2. The van der Waals surface area contributed by atoms with E-state index in [2.05, 4.69) is 0 Å². The summed E-state index contributed by atoms with van der Waals surface area (Å²) in [5, 5.41) is 4.99. The number of primary sulfonamides is 1. The molecule has 1 aliphatic heterocycles. The zero-order valence-electron chi connectivity index (χ0n) is 12.2. The Labute approximate surface area is 129 Å². The molecule has 0 aromatic heterocycles. The Bertz CT molecular complexity index is 717. The van der Waals surface area contributed by atoms with Crippen LogP contribution in [0.3, 0.4) is 0 Å². The molecule has 1 aliphatic rings. The van der Waals surface area contributed by atoms with E-state index >= 15 is 0 Å². The monoisotopic (exact) mass is 350 g/mol. The van der Waals surface area contributed by atoms with Gasteiger partial charge >= 0.3 is 0 Å². The van der Waals surface area contributed by atoms with E-state index in [0.717, 1.165) is 0 Å². The first-order chi connectivity index (χ1) is 10.2. The van der Waals surface area contributed by atoms with E-state index in [-0.39, 0.29) is 35.1 Å². The van der Waals surface area contributed by atoms with Gasteiger partial charge in [0.2, 0.25) is 20.0 Å². The molecule has 10 heteroatoms. The fourth-order valence-corrected chi connectivity index (χ4v) is 4.29. The van der Waals surface area contributed by atoms with Crippen molar-refractivity contribution in [3.63, 3.8) is 0 Å². The van der Waals surface area contributed by atoms with Crippen molar-refractivity contribution in [3.05, 3.63) is 24.3 Å². The second kappa shape index (κ2) is 6.22. The summed E-state index contributed by atoms with van der Waals surface area (Å²) in [5.74, 6) is 0. The van der Waals surface area contributed by atoms with Crippen molar-refractivity contribution in [1.82, 2.24) is 4.31 Å². The van der Waals surface area contributed by atoms with Gasteiger partial charge in [0.25, 0.3) is 0 Å². The molecular formula is C12H18N2O6S2. The van der Waals surface area contributed by atoms with E-state index in [9.17, 15) is 16.8 Å². The van der Waals surface area contributed by atoms with Crippen LogP contribution in [0.1, 0.15) is 0 Å². The molecule has 0 amide bonds. The Hall–Kier alpha value is -1.04. The molecule has 124 valence electrons. The molecule has 0 bridgehead atoms. The molecule has 2 atom stereocenters. The lowest BCUT2D eigenvalue weighted by molar-refractivity contribution is -0.00461. The van der Waals surface area contributed by atoms with Crippen LogP contribution >= 0.6 is 0 Å². The maximum absolute atomic E-state index is 12.6. The van der Waals surface area contributed by atoms with Gasteiger partial charge in [-0.25, -0.2) is 22.0 Å². The van der Waals surface area contributed by atoms with Crippen LogP contribution < -0.4 is 5.14 Å². The highest BCUT2D eigenvalue weighted by Gasteiger charge is 2.39. The van der Waals surface area contributed by atoms with Gasteiger partial charge in [0, 0.05) is 27.3 Å². The highest BCUT2D eigenvalue weighted by atomic mass is 32.2. The number of rotatable bonds is 5. The van der Waals surface area contributed by atoms with Crippen LogP contribution in [0.5, 0.6) is 0 Å². The second-order valence-electron chi connectivity index (χ2n) is 4.89. The van der Waals surface area contributed by atoms with Crippen LogP contribution in [0.25, 0.3) is 0 Å². The van der Waals surface area contributed by atoms with Crippen LogP contribution in [0.15, 0.2) is 34.1 Å². The molecule has 0 saturated carbocycles. The van der Waals surface area contributed by atoms with E-state index < -0.39 is 20.0 Å². The molecule has 0 spiro atoms. The van der Waals surface area contributed by atoms with Crippen LogP contribution in [-0.2, 0) is 29.5 Å². The predicted octanol–water partition coefficient (Wildman–Crippen LogP) is -0.632. The van der Waals surface area contributed by atoms with Gasteiger partial charge in [-0.15, -0.1) is 0 Å². The third-order valence-electron chi connectivity index (χ3n) is 3.58. The molecule has 1 aromatic rings. The van der Waals surface area contributed by atoms with Crippen molar-refractivity contribution in [2.75, 3.05) is 27.3 Å². The van der Waals surface area contributed by atoms with Crippen LogP contribution in [-0.4, -0.2) is 60.7 Å². The molecule has 2 rings (SSSR count). The summed E-state index contributed by atoms with van der Waals surface area (Å²) in [5.41, 5.74) is 0. The summed E-state index contributed by atoms with van der Waals surface area (Å²) in [6.07, 6.45) is -0.688. The summed E-state index contributed by atoms with van der Waals surface area (Å²) in [6, 6.07) is 4.77. The zero-order valence-corrected chi connectivity index (χ0v) is 13.8. The van der Waals surface area contributed by atoms with E-state index in [0.29, 0.717) is 0 Å². The quantitative estimate of drug-likeness (QED) is 0.756. The molecule has 2 N–H and O–H groups in total. The Balaban J connectivity index is 2.28. The number of ether oxygens (including phenoxy) is 2. The predicted molar refractivity (Wildman–Crippen MR) is 78.2 cm³/mol. The Morgan fingerprint density at radius 3 is 1.73 bits per heavy atom. The average molecular weight is 350 g/mol. The number of nitrogens with zero attached hydrogens (tertiary/aromatic N) is 1. The number of hydrogen-bond donors (Lipinski definition) is 1. The van der Waals surface area contributed by atoms with E-state index in [1.165, 1.54) is 42.8 Å². The Morgan fingerprint density at radius 2 is 1.36 bits per heavy atom. The van der Waals surface area contributed by atoms with Gasteiger partial charge in [0.15, 0.2) is 0 Å². The lowest BCUT2D eigenvalue weighted by Crippen LogP contribution is -2.30. The smallest absolute Gasteiger partial charge is 0.243 e. The summed E-state index contributed by atoms with van der Waals surface area (Å²) < 4.78 is 59.2. The number of methoxy groups -OCH3 is 2. The van der Waals surface area contributed by atoms with Crippen LogP contribution in [0, 0.1) is 0 Å². The molecule has 8 nitrogen and oxygen atoms in total. The van der Waals surface area contributed by atoms with Crippen molar-refractivity contribution in [3.8, 4) is 0 Å². The maximum Gasteiger partial charge on any atom is 0.243 e. The largest absolute Gasteiger partial charge is 0.377 e. The van der Waals surface area contributed by atoms with E-state index in [4.69, 9.17) is 14.6 Å². The Kier molecular flexibility index (Phi) is 4.90. The fourth-order valence-electron chi connectivity index (χ4n) is 2.31. The van der Waals surface area contributed by atoms with Gasteiger partial charge in [-0.05, 0) is 24.3 Å². The normalized spacial score (nSPS) is 23.8. The van der Waals surface area contributed by atoms with Crippen molar-refractivity contribution < 1.29 is 26.3 Å². The van der Waals surface area contributed by atoms with Crippen molar-refractivity contribution in [1.29, 1.82) is 0 Å². The SMILES string of the molecule is COC1CN(S(=O)(=O)c2ccc(S(N)(=O)=O)cc2)CC1OC. The summed E-state index contributed by atoms with van der Waals surface area (Å²) >= 11 is 0. The molecule has 22 heavy (non-hydrogen) atoms. The third kappa shape index (κ3) is 3.31. The van der Waals surface area contributed by atoms with E-state index in [1.807, 2.05) is 0 Å². The molecule has 0 radical (unpaired) electrons. The summed E-state index contributed by atoms with van der Waals surface area (Å²) in [7, 11) is -4.62. The molecule has 1 fully saturated rings. The minimum absolute atomic E-state index is 0.00786. The topological polar surface area (TPSA) is 116 Å². The van der Waals surface area contributed by atoms with Crippen LogP contribution in [0.4, 0.5) is 0 Å². The van der Waals surface area contributed by atoms with Gasteiger partial charge < -0.3 is 9.47 Å². The van der Waals surface area contributed by atoms with Gasteiger partial charge in [0.05, 0.1) is 22.0 Å². The highest BCUT2D eigenvalue weighted by molar-refractivity contribution is 7.89. The first-order valence-corrected chi connectivity index (χ1v) is 9.37. The van der Waals surface area contributed by atoms with Crippen molar-refractivity contribution in [2.24, 2.45) is 5.14 Å². The molecular weight excluding hydrogens is 332 g/mol. The van der Waals surface area contributed by atoms with Gasteiger partial charge in [-0.1, -0.05) is 0 Å².